The molecule has 78 valence electrons. The lowest BCUT2D eigenvalue weighted by Gasteiger charge is -2.10. The average Bonchev–Trinajstić information content (AvgIpc) is 2.10. The van der Waals surface area contributed by atoms with Gasteiger partial charge in [0.1, 0.15) is 5.69 Å². The van der Waals surface area contributed by atoms with Gasteiger partial charge in [-0.25, -0.2) is 0 Å². The highest BCUT2D eigenvalue weighted by molar-refractivity contribution is 5.13. The van der Waals surface area contributed by atoms with Crippen LogP contribution in [0.1, 0.15) is 30.9 Å². The standard InChI is InChI=1S/C11H18N2O/c1-7(2)6-10-11(14)13(5)9(4)8(3)12-10/h7H,6H2,1-5H3. The lowest BCUT2D eigenvalue weighted by atomic mass is 10.1. The maximum Gasteiger partial charge on any atom is 0.272 e. The maximum absolute atomic E-state index is 11.8. The molecule has 0 saturated heterocycles. The highest BCUT2D eigenvalue weighted by Crippen LogP contribution is 2.04. The van der Waals surface area contributed by atoms with Crippen molar-refractivity contribution in [2.75, 3.05) is 0 Å². The van der Waals surface area contributed by atoms with Crippen molar-refractivity contribution in [2.45, 2.75) is 34.1 Å². The molecule has 1 aromatic rings. The SMILES string of the molecule is Cc1nc(CC(C)C)c(=O)n(C)c1C. The Bertz CT molecular complexity index is 391. The molecule has 0 aliphatic heterocycles. The summed E-state index contributed by atoms with van der Waals surface area (Å²) in [6.45, 7) is 8.05. The quantitative estimate of drug-likeness (QED) is 0.716. The van der Waals surface area contributed by atoms with Crippen molar-refractivity contribution in [3.63, 3.8) is 0 Å². The molecule has 0 radical (unpaired) electrons. The Morgan fingerprint density at radius 2 is 1.93 bits per heavy atom. The Hall–Kier alpha value is -1.12. The van der Waals surface area contributed by atoms with Gasteiger partial charge >= 0.3 is 0 Å². The molecule has 0 N–H and O–H groups in total. The van der Waals surface area contributed by atoms with Crippen LogP contribution in [-0.2, 0) is 13.5 Å². The molecular formula is C11H18N2O. The van der Waals surface area contributed by atoms with Gasteiger partial charge in [0.25, 0.3) is 5.56 Å². The number of hydrogen-bond donors (Lipinski definition) is 0. The third-order valence-electron chi connectivity index (χ3n) is 2.48. The van der Waals surface area contributed by atoms with E-state index in [1.54, 1.807) is 11.6 Å². The topological polar surface area (TPSA) is 34.9 Å². The lowest BCUT2D eigenvalue weighted by molar-refractivity contribution is 0.614. The Morgan fingerprint density at radius 1 is 1.36 bits per heavy atom. The normalized spacial score (nSPS) is 11.0. The largest absolute Gasteiger partial charge is 0.313 e. The fourth-order valence-electron chi connectivity index (χ4n) is 1.44. The van der Waals surface area contributed by atoms with E-state index >= 15 is 0 Å². The zero-order chi connectivity index (χ0) is 10.9. The number of aromatic nitrogens is 2. The van der Waals surface area contributed by atoms with Gasteiger partial charge in [-0.2, -0.15) is 0 Å². The summed E-state index contributed by atoms with van der Waals surface area (Å²) in [6, 6.07) is 0. The van der Waals surface area contributed by atoms with Crippen LogP contribution in [0, 0.1) is 19.8 Å². The minimum absolute atomic E-state index is 0.0433. The summed E-state index contributed by atoms with van der Waals surface area (Å²) >= 11 is 0. The molecule has 1 aromatic heterocycles. The van der Waals surface area contributed by atoms with E-state index in [4.69, 9.17) is 0 Å². The van der Waals surface area contributed by atoms with Crippen LogP contribution in [0.25, 0.3) is 0 Å². The van der Waals surface area contributed by atoms with E-state index in [1.165, 1.54) is 0 Å². The van der Waals surface area contributed by atoms with Crippen LogP contribution in [0.15, 0.2) is 4.79 Å². The van der Waals surface area contributed by atoms with Crippen molar-refractivity contribution >= 4 is 0 Å². The summed E-state index contributed by atoms with van der Waals surface area (Å²) in [5.74, 6) is 0.470. The molecule has 0 aliphatic carbocycles. The van der Waals surface area contributed by atoms with Crippen molar-refractivity contribution in [1.29, 1.82) is 0 Å². The fraction of sp³-hybridized carbons (Fsp3) is 0.636. The van der Waals surface area contributed by atoms with Crippen LogP contribution in [0.5, 0.6) is 0 Å². The molecule has 0 amide bonds. The van der Waals surface area contributed by atoms with E-state index in [0.29, 0.717) is 11.6 Å². The summed E-state index contributed by atoms with van der Waals surface area (Å²) in [7, 11) is 1.80. The molecule has 0 aliphatic rings. The van der Waals surface area contributed by atoms with Crippen molar-refractivity contribution in [2.24, 2.45) is 13.0 Å². The number of rotatable bonds is 2. The number of hydrogen-bond acceptors (Lipinski definition) is 2. The molecule has 0 saturated carbocycles. The Morgan fingerprint density at radius 3 is 2.43 bits per heavy atom. The van der Waals surface area contributed by atoms with Crippen molar-refractivity contribution in [3.05, 3.63) is 27.4 Å². The van der Waals surface area contributed by atoms with E-state index in [0.717, 1.165) is 17.8 Å². The smallest absolute Gasteiger partial charge is 0.272 e. The maximum atomic E-state index is 11.8. The first-order valence-electron chi connectivity index (χ1n) is 4.96. The third-order valence-corrected chi connectivity index (χ3v) is 2.48. The van der Waals surface area contributed by atoms with Gasteiger partial charge in [-0.05, 0) is 26.2 Å². The van der Waals surface area contributed by atoms with Gasteiger partial charge < -0.3 is 4.57 Å². The van der Waals surface area contributed by atoms with E-state index in [1.807, 2.05) is 13.8 Å². The van der Waals surface area contributed by atoms with Gasteiger partial charge in [0.05, 0.1) is 5.69 Å². The summed E-state index contributed by atoms with van der Waals surface area (Å²) in [4.78, 5) is 16.1. The summed E-state index contributed by atoms with van der Waals surface area (Å²) < 4.78 is 1.68. The zero-order valence-corrected chi connectivity index (χ0v) is 9.59. The average molecular weight is 194 g/mol. The van der Waals surface area contributed by atoms with Crippen LogP contribution in [-0.4, -0.2) is 9.55 Å². The Labute approximate surface area is 84.8 Å². The second-order valence-corrected chi connectivity index (χ2v) is 4.19. The molecule has 3 nitrogen and oxygen atoms in total. The second kappa shape index (κ2) is 3.95. The highest BCUT2D eigenvalue weighted by atomic mass is 16.1. The Balaban J connectivity index is 3.27. The monoisotopic (exact) mass is 194 g/mol. The van der Waals surface area contributed by atoms with Gasteiger partial charge in [0.2, 0.25) is 0 Å². The third kappa shape index (κ3) is 2.03. The lowest BCUT2D eigenvalue weighted by Crippen LogP contribution is -2.26. The first-order chi connectivity index (χ1) is 6.43. The first-order valence-corrected chi connectivity index (χ1v) is 4.96. The predicted molar refractivity (Wildman–Crippen MR) is 57.5 cm³/mol. The molecule has 0 bridgehead atoms. The van der Waals surface area contributed by atoms with Crippen molar-refractivity contribution < 1.29 is 0 Å². The summed E-state index contributed by atoms with van der Waals surface area (Å²) in [5.41, 5.74) is 2.62. The molecule has 0 fully saturated rings. The molecule has 1 rings (SSSR count). The van der Waals surface area contributed by atoms with Gasteiger partial charge in [0, 0.05) is 12.7 Å². The van der Waals surface area contributed by atoms with Crippen LogP contribution in [0.3, 0.4) is 0 Å². The molecule has 1 heterocycles. The predicted octanol–water partition coefficient (Wildman–Crippen LogP) is 1.60. The van der Waals surface area contributed by atoms with E-state index in [-0.39, 0.29) is 5.56 Å². The van der Waals surface area contributed by atoms with Crippen LogP contribution in [0.2, 0.25) is 0 Å². The molecule has 3 heteroatoms. The van der Waals surface area contributed by atoms with E-state index in [2.05, 4.69) is 18.8 Å². The molecule has 0 aromatic carbocycles. The molecule has 0 unspecified atom stereocenters. The summed E-state index contributed by atoms with van der Waals surface area (Å²) in [5, 5.41) is 0. The van der Waals surface area contributed by atoms with Crippen LogP contribution < -0.4 is 5.56 Å². The Kier molecular flexibility index (Phi) is 3.09. The number of aryl methyl sites for hydroxylation is 1. The second-order valence-electron chi connectivity index (χ2n) is 4.19. The van der Waals surface area contributed by atoms with Gasteiger partial charge in [-0.3, -0.25) is 9.78 Å². The van der Waals surface area contributed by atoms with Gasteiger partial charge in [-0.15, -0.1) is 0 Å². The molecular weight excluding hydrogens is 176 g/mol. The van der Waals surface area contributed by atoms with Gasteiger partial charge in [0.15, 0.2) is 0 Å². The first kappa shape index (κ1) is 11.0. The number of nitrogens with zero attached hydrogens (tertiary/aromatic N) is 2. The molecule has 0 atom stereocenters. The minimum atomic E-state index is 0.0433. The molecule has 14 heavy (non-hydrogen) atoms. The van der Waals surface area contributed by atoms with Crippen LogP contribution >= 0.6 is 0 Å². The van der Waals surface area contributed by atoms with Crippen molar-refractivity contribution in [1.82, 2.24) is 9.55 Å². The van der Waals surface area contributed by atoms with E-state index < -0.39 is 0 Å². The highest BCUT2D eigenvalue weighted by Gasteiger charge is 2.09. The minimum Gasteiger partial charge on any atom is -0.313 e. The fourth-order valence-corrected chi connectivity index (χ4v) is 1.44. The van der Waals surface area contributed by atoms with Crippen LogP contribution in [0.4, 0.5) is 0 Å². The van der Waals surface area contributed by atoms with Crippen molar-refractivity contribution in [3.8, 4) is 0 Å². The molecule has 0 spiro atoms. The van der Waals surface area contributed by atoms with Gasteiger partial charge in [-0.1, -0.05) is 13.8 Å². The van der Waals surface area contributed by atoms with E-state index in [9.17, 15) is 4.79 Å². The zero-order valence-electron chi connectivity index (χ0n) is 9.59. The summed E-state index contributed by atoms with van der Waals surface area (Å²) in [6.07, 6.45) is 0.758.